The third kappa shape index (κ3) is 7.97. The van der Waals surface area contributed by atoms with Crippen LogP contribution in [-0.4, -0.2) is 49.7 Å². The van der Waals surface area contributed by atoms with Crippen LogP contribution in [0.4, 0.5) is 11.6 Å². The maximum absolute atomic E-state index is 10.6. The molecule has 1 aliphatic rings. The van der Waals surface area contributed by atoms with E-state index in [0.717, 1.165) is 56.2 Å². The van der Waals surface area contributed by atoms with Crippen LogP contribution in [0.3, 0.4) is 0 Å². The van der Waals surface area contributed by atoms with Crippen molar-refractivity contribution in [1.29, 1.82) is 0 Å². The molecule has 3 rings (SSSR count). The third-order valence-electron chi connectivity index (χ3n) is 4.50. The molecule has 0 aliphatic carbocycles. The van der Waals surface area contributed by atoms with Crippen molar-refractivity contribution in [3.05, 3.63) is 35.5 Å². The fraction of sp³-hybridized carbons (Fsp3) is 0.476. The Hall–Kier alpha value is -2.22. The molecule has 29 heavy (non-hydrogen) atoms. The lowest BCUT2D eigenvalue weighted by atomic mass is 10.0. The van der Waals surface area contributed by atoms with Gasteiger partial charge in [0.2, 0.25) is 6.41 Å². The molecule has 1 saturated heterocycles. The minimum absolute atomic E-state index is 0.437. The first-order valence-corrected chi connectivity index (χ1v) is 10.3. The molecule has 8 heteroatoms. The number of nitrogens with zero attached hydrogens (tertiary/aromatic N) is 2. The van der Waals surface area contributed by atoms with Crippen molar-refractivity contribution in [2.24, 2.45) is 5.92 Å². The highest BCUT2D eigenvalue weighted by atomic mass is 35.5. The van der Waals surface area contributed by atoms with E-state index in [1.807, 2.05) is 25.2 Å². The van der Waals surface area contributed by atoms with Gasteiger partial charge in [-0.2, -0.15) is 0 Å². The topological polar surface area (TPSA) is 88.2 Å². The third-order valence-corrected chi connectivity index (χ3v) is 4.80. The number of hydrogen-bond acceptors (Lipinski definition) is 6. The summed E-state index contributed by atoms with van der Waals surface area (Å²) in [5.41, 5.74) is 1.46. The van der Waals surface area contributed by atoms with Crippen LogP contribution in [0, 0.1) is 5.92 Å². The summed E-state index contributed by atoms with van der Waals surface area (Å²) in [6, 6.07) is 7.45. The van der Waals surface area contributed by atoms with Crippen LogP contribution >= 0.6 is 11.6 Å². The van der Waals surface area contributed by atoms with Gasteiger partial charge in [-0.15, -0.1) is 0 Å². The number of carbonyl (C=O) groups excluding carboxylic acids is 1. The number of halogens is 1. The molecule has 0 unspecified atom stereocenters. The normalized spacial score (nSPS) is 13.9. The lowest BCUT2D eigenvalue weighted by Crippen LogP contribution is -2.22. The zero-order valence-corrected chi connectivity index (χ0v) is 17.8. The Labute approximate surface area is 177 Å². The van der Waals surface area contributed by atoms with Crippen LogP contribution in [0.2, 0.25) is 5.02 Å². The second-order valence-electron chi connectivity index (χ2n) is 6.76. The lowest BCUT2D eigenvalue weighted by molar-refractivity contribution is -0.105. The van der Waals surface area contributed by atoms with Gasteiger partial charge in [-0.05, 0) is 57.0 Å². The summed E-state index contributed by atoms with van der Waals surface area (Å²) >= 11 is 6.23. The van der Waals surface area contributed by atoms with Gasteiger partial charge in [-0.25, -0.2) is 9.97 Å². The Kier molecular flexibility index (Phi) is 10.4. The van der Waals surface area contributed by atoms with Gasteiger partial charge < -0.3 is 20.7 Å². The number of nitrogens with one attached hydrogen (secondary N) is 3. The number of ether oxygens (including phenoxy) is 1. The van der Waals surface area contributed by atoms with Crippen LogP contribution in [0.5, 0.6) is 0 Å². The zero-order valence-electron chi connectivity index (χ0n) is 17.1. The van der Waals surface area contributed by atoms with E-state index in [1.165, 1.54) is 12.6 Å². The highest BCUT2D eigenvalue weighted by Crippen LogP contribution is 2.28. The predicted molar refractivity (Wildman–Crippen MR) is 118 cm³/mol. The molecule has 2 aromatic rings. The van der Waals surface area contributed by atoms with Gasteiger partial charge in [-0.1, -0.05) is 24.6 Å². The first-order chi connectivity index (χ1) is 14.2. The quantitative estimate of drug-likeness (QED) is 0.564. The number of amides is 1. The number of hydrogen-bond donors (Lipinski definition) is 3. The second kappa shape index (κ2) is 13.1. The van der Waals surface area contributed by atoms with Gasteiger partial charge in [0.1, 0.15) is 11.6 Å². The smallest absolute Gasteiger partial charge is 0.212 e. The Morgan fingerprint density at radius 2 is 2.07 bits per heavy atom. The number of anilines is 2. The van der Waals surface area contributed by atoms with Crippen molar-refractivity contribution in [1.82, 2.24) is 15.3 Å². The second-order valence-corrected chi connectivity index (χ2v) is 7.17. The fourth-order valence-electron chi connectivity index (χ4n) is 2.91. The van der Waals surface area contributed by atoms with Gasteiger partial charge in [0, 0.05) is 31.5 Å². The molecule has 158 valence electrons. The molecule has 1 amide bonds. The average Bonchev–Trinajstić information content (AvgIpc) is 2.76. The molecule has 7 nitrogen and oxygen atoms in total. The average molecular weight is 420 g/mol. The van der Waals surface area contributed by atoms with Gasteiger partial charge in [-0.3, -0.25) is 4.79 Å². The maximum Gasteiger partial charge on any atom is 0.212 e. The van der Waals surface area contributed by atoms with E-state index >= 15 is 0 Å². The van der Waals surface area contributed by atoms with Crippen LogP contribution in [0.25, 0.3) is 11.3 Å². The Morgan fingerprint density at radius 3 is 2.72 bits per heavy atom. The van der Waals surface area contributed by atoms with E-state index in [0.29, 0.717) is 23.2 Å². The summed E-state index contributed by atoms with van der Waals surface area (Å²) in [5.74, 6) is 1.85. The standard InChI is InChI=1S/C17H19ClN4O2.C4H11N/c18-14-10-20-17(21-11-23)8-13(14)15-2-1-3-16(22-15)19-9-12-4-6-24-7-5-12;1-3-4-5-2/h1-3,8,10-12H,4-7,9H2,(H,19,22)(H,20,21,23);5H,3-4H2,1-2H3. The van der Waals surface area contributed by atoms with Crippen molar-refractivity contribution in [2.45, 2.75) is 26.2 Å². The summed E-state index contributed by atoms with van der Waals surface area (Å²) in [4.78, 5) is 19.2. The Balaban J connectivity index is 0.000000537. The van der Waals surface area contributed by atoms with Gasteiger partial charge in [0.25, 0.3) is 0 Å². The molecule has 0 saturated carbocycles. The van der Waals surface area contributed by atoms with E-state index in [4.69, 9.17) is 16.3 Å². The highest BCUT2D eigenvalue weighted by molar-refractivity contribution is 6.33. The predicted octanol–water partition coefficient (Wildman–Crippen LogP) is 3.82. The molecule has 0 spiro atoms. The zero-order chi connectivity index (χ0) is 20.9. The van der Waals surface area contributed by atoms with Crippen molar-refractivity contribution < 1.29 is 9.53 Å². The molecule has 1 aliphatic heterocycles. The minimum atomic E-state index is 0.437. The van der Waals surface area contributed by atoms with Crippen molar-refractivity contribution in [3.63, 3.8) is 0 Å². The van der Waals surface area contributed by atoms with Gasteiger partial charge in [0.15, 0.2) is 0 Å². The van der Waals surface area contributed by atoms with Crippen molar-refractivity contribution in [3.8, 4) is 11.3 Å². The van der Waals surface area contributed by atoms with Crippen molar-refractivity contribution in [2.75, 3.05) is 44.0 Å². The largest absolute Gasteiger partial charge is 0.381 e. The molecule has 3 N–H and O–H groups in total. The number of carbonyl (C=O) groups is 1. The molecule has 2 aromatic heterocycles. The van der Waals surface area contributed by atoms with E-state index in [9.17, 15) is 4.79 Å². The van der Waals surface area contributed by atoms with E-state index in [2.05, 4.69) is 32.8 Å². The maximum atomic E-state index is 10.6. The van der Waals surface area contributed by atoms with E-state index in [-0.39, 0.29) is 0 Å². The summed E-state index contributed by atoms with van der Waals surface area (Å²) in [5, 5.41) is 9.41. The Bertz CT molecular complexity index is 752. The molecule has 0 radical (unpaired) electrons. The molecular formula is C21H30ClN5O2. The van der Waals surface area contributed by atoms with Crippen LogP contribution in [0.1, 0.15) is 26.2 Å². The first kappa shape index (κ1) is 23.1. The monoisotopic (exact) mass is 419 g/mol. The first-order valence-electron chi connectivity index (χ1n) is 9.97. The van der Waals surface area contributed by atoms with E-state index in [1.54, 1.807) is 6.07 Å². The van der Waals surface area contributed by atoms with E-state index < -0.39 is 0 Å². The highest BCUT2D eigenvalue weighted by Gasteiger charge is 2.14. The molecule has 0 aromatic carbocycles. The molecule has 3 heterocycles. The van der Waals surface area contributed by atoms with Gasteiger partial charge >= 0.3 is 0 Å². The summed E-state index contributed by atoms with van der Waals surface area (Å²) < 4.78 is 5.38. The molecular weight excluding hydrogens is 390 g/mol. The number of rotatable bonds is 8. The number of aromatic nitrogens is 2. The Morgan fingerprint density at radius 1 is 1.28 bits per heavy atom. The molecule has 1 fully saturated rings. The molecule has 0 atom stereocenters. The van der Waals surface area contributed by atoms with Gasteiger partial charge in [0.05, 0.1) is 10.7 Å². The fourth-order valence-corrected chi connectivity index (χ4v) is 3.11. The number of pyridine rings is 2. The summed E-state index contributed by atoms with van der Waals surface area (Å²) in [7, 11) is 1.96. The summed E-state index contributed by atoms with van der Waals surface area (Å²) in [6.45, 7) is 5.83. The van der Waals surface area contributed by atoms with Crippen LogP contribution < -0.4 is 16.0 Å². The minimum Gasteiger partial charge on any atom is -0.381 e. The van der Waals surface area contributed by atoms with Crippen LogP contribution in [0.15, 0.2) is 30.5 Å². The molecule has 0 bridgehead atoms. The lowest BCUT2D eigenvalue weighted by Gasteiger charge is -2.22. The van der Waals surface area contributed by atoms with Crippen LogP contribution in [-0.2, 0) is 9.53 Å². The van der Waals surface area contributed by atoms with Crippen molar-refractivity contribution >= 4 is 29.6 Å². The summed E-state index contributed by atoms with van der Waals surface area (Å²) in [6.07, 6.45) is 5.47. The SMILES string of the molecule is CCCNC.O=CNc1cc(-c2cccc(NCC3CCOCC3)n2)c(Cl)cn1.